The van der Waals surface area contributed by atoms with E-state index in [9.17, 15) is 9.59 Å². The van der Waals surface area contributed by atoms with Gasteiger partial charge in [0.25, 0.3) is 0 Å². The molecule has 0 fully saturated rings. The fourth-order valence-electron chi connectivity index (χ4n) is 1.60. The molecule has 7 nitrogen and oxygen atoms in total. The van der Waals surface area contributed by atoms with E-state index in [1.807, 2.05) is 0 Å². The van der Waals surface area contributed by atoms with Crippen LogP contribution in [-0.2, 0) is 14.3 Å². The normalized spacial score (nSPS) is 14.3. The smallest absolute Gasteiger partial charge is 0.408 e. The summed E-state index contributed by atoms with van der Waals surface area (Å²) < 4.78 is 10.5. The minimum absolute atomic E-state index is 0.133. The SMILES string of the molecule is CC(CO)NC(=S)[C@@H](CC(=O)OC(C)(C)C)NC(=O)OC(C)(C)C. The van der Waals surface area contributed by atoms with Crippen molar-refractivity contribution in [3.63, 3.8) is 0 Å². The van der Waals surface area contributed by atoms with Crippen molar-refractivity contribution in [3.8, 4) is 0 Å². The van der Waals surface area contributed by atoms with Crippen LogP contribution < -0.4 is 10.6 Å². The molecule has 0 saturated heterocycles. The summed E-state index contributed by atoms with van der Waals surface area (Å²) in [5, 5.41) is 14.6. The molecule has 0 radical (unpaired) electrons. The number of esters is 1. The number of hydrogen-bond donors (Lipinski definition) is 3. The van der Waals surface area contributed by atoms with Crippen LogP contribution in [0.1, 0.15) is 54.9 Å². The standard InChI is InChI=1S/C16H30N2O5S/c1-10(9-19)17-13(24)11(8-12(20)22-15(2,3)4)18-14(21)23-16(5,6)7/h10-11,19H,8-9H2,1-7H3,(H,17,24)(H,18,21)/t10?,11-/m1/s1. The molecule has 0 aliphatic rings. The molecular formula is C16H30N2O5S. The summed E-state index contributed by atoms with van der Waals surface area (Å²) in [6.45, 7) is 12.1. The van der Waals surface area contributed by atoms with E-state index in [1.165, 1.54) is 0 Å². The first-order valence-corrected chi connectivity index (χ1v) is 8.27. The number of carbonyl (C=O) groups excluding carboxylic acids is 2. The number of alkyl carbamates (subject to hydrolysis) is 1. The predicted molar refractivity (Wildman–Crippen MR) is 95.9 cm³/mol. The number of nitrogens with one attached hydrogen (secondary N) is 2. The Morgan fingerprint density at radius 3 is 1.96 bits per heavy atom. The van der Waals surface area contributed by atoms with E-state index in [-0.39, 0.29) is 24.1 Å². The maximum atomic E-state index is 12.0. The van der Waals surface area contributed by atoms with Crippen LogP contribution in [0.25, 0.3) is 0 Å². The van der Waals surface area contributed by atoms with E-state index >= 15 is 0 Å². The molecule has 3 N–H and O–H groups in total. The molecule has 2 atom stereocenters. The lowest BCUT2D eigenvalue weighted by atomic mass is 10.1. The summed E-state index contributed by atoms with van der Waals surface area (Å²) in [6, 6.07) is -1.10. The molecule has 8 heteroatoms. The van der Waals surface area contributed by atoms with Gasteiger partial charge in [0.1, 0.15) is 11.2 Å². The second-order valence-electron chi connectivity index (χ2n) is 7.58. The van der Waals surface area contributed by atoms with Gasteiger partial charge in [-0.05, 0) is 48.5 Å². The Hall–Kier alpha value is -1.41. The second kappa shape index (κ2) is 9.17. The summed E-state index contributed by atoms with van der Waals surface area (Å²) in [6.07, 6.45) is -0.822. The first kappa shape index (κ1) is 22.6. The number of hydrogen-bond acceptors (Lipinski definition) is 6. The molecule has 0 heterocycles. The van der Waals surface area contributed by atoms with E-state index in [0.717, 1.165) is 0 Å². The van der Waals surface area contributed by atoms with Gasteiger partial charge >= 0.3 is 12.1 Å². The molecule has 0 aromatic carbocycles. The minimum atomic E-state index is -0.793. The van der Waals surface area contributed by atoms with Crippen molar-refractivity contribution in [1.29, 1.82) is 0 Å². The number of carbonyl (C=O) groups is 2. The van der Waals surface area contributed by atoms with Crippen LogP contribution in [0.15, 0.2) is 0 Å². The van der Waals surface area contributed by atoms with Crippen molar-refractivity contribution in [2.24, 2.45) is 0 Å². The highest BCUT2D eigenvalue weighted by Gasteiger charge is 2.27. The highest BCUT2D eigenvalue weighted by molar-refractivity contribution is 7.80. The van der Waals surface area contributed by atoms with Gasteiger partial charge in [-0.1, -0.05) is 12.2 Å². The van der Waals surface area contributed by atoms with Crippen LogP contribution in [0.2, 0.25) is 0 Å². The maximum Gasteiger partial charge on any atom is 0.408 e. The number of amides is 1. The molecule has 0 spiro atoms. The van der Waals surface area contributed by atoms with Gasteiger partial charge in [-0.15, -0.1) is 0 Å². The zero-order chi connectivity index (χ0) is 19.1. The third kappa shape index (κ3) is 11.2. The second-order valence-corrected chi connectivity index (χ2v) is 8.02. The lowest BCUT2D eigenvalue weighted by Crippen LogP contribution is -2.51. The number of aliphatic hydroxyl groups is 1. The molecule has 0 rings (SSSR count). The Bertz CT molecular complexity index is 424. The van der Waals surface area contributed by atoms with E-state index < -0.39 is 29.3 Å². The number of thiocarbonyl (C=S) groups is 1. The quantitative estimate of drug-likeness (QED) is 0.490. The topological polar surface area (TPSA) is 96.9 Å². The predicted octanol–water partition coefficient (Wildman–Crippen LogP) is 1.91. The highest BCUT2D eigenvalue weighted by Crippen LogP contribution is 2.11. The van der Waals surface area contributed by atoms with Crippen molar-refractivity contribution in [1.82, 2.24) is 10.6 Å². The molecule has 1 amide bonds. The summed E-state index contributed by atoms with van der Waals surface area (Å²) >= 11 is 5.24. The van der Waals surface area contributed by atoms with Crippen molar-refractivity contribution < 1.29 is 24.2 Å². The molecule has 0 saturated carbocycles. The van der Waals surface area contributed by atoms with Gasteiger partial charge in [-0.25, -0.2) is 4.79 Å². The van der Waals surface area contributed by atoms with Crippen LogP contribution in [0.5, 0.6) is 0 Å². The van der Waals surface area contributed by atoms with E-state index in [0.29, 0.717) is 0 Å². The molecular weight excluding hydrogens is 332 g/mol. The Morgan fingerprint density at radius 1 is 1.04 bits per heavy atom. The van der Waals surface area contributed by atoms with E-state index in [2.05, 4.69) is 10.6 Å². The average molecular weight is 362 g/mol. The first-order valence-electron chi connectivity index (χ1n) is 7.86. The Kier molecular flexibility index (Phi) is 8.63. The van der Waals surface area contributed by atoms with Crippen molar-refractivity contribution in [2.75, 3.05) is 6.61 Å². The average Bonchev–Trinajstić information content (AvgIpc) is 2.32. The van der Waals surface area contributed by atoms with Crippen LogP contribution >= 0.6 is 12.2 Å². The number of rotatable bonds is 6. The van der Waals surface area contributed by atoms with E-state index in [1.54, 1.807) is 48.5 Å². The van der Waals surface area contributed by atoms with E-state index in [4.69, 9.17) is 26.8 Å². The van der Waals surface area contributed by atoms with Crippen molar-refractivity contribution in [2.45, 2.75) is 78.2 Å². The third-order valence-electron chi connectivity index (χ3n) is 2.46. The summed E-state index contributed by atoms with van der Waals surface area (Å²) in [4.78, 5) is 24.2. The molecule has 0 aromatic rings. The van der Waals surface area contributed by atoms with Crippen LogP contribution in [-0.4, -0.2) is 52.1 Å². The Morgan fingerprint density at radius 2 is 1.54 bits per heavy atom. The van der Waals surface area contributed by atoms with Gasteiger partial charge in [0.2, 0.25) is 0 Å². The monoisotopic (exact) mass is 362 g/mol. The van der Waals surface area contributed by atoms with Gasteiger partial charge < -0.3 is 25.2 Å². The highest BCUT2D eigenvalue weighted by atomic mass is 32.1. The first-order chi connectivity index (χ1) is 10.7. The molecule has 0 bridgehead atoms. The van der Waals surface area contributed by atoms with Gasteiger partial charge in [0.05, 0.1) is 24.1 Å². The maximum absolute atomic E-state index is 12.0. The van der Waals surface area contributed by atoms with Crippen LogP contribution in [0.3, 0.4) is 0 Å². The molecule has 0 aromatic heterocycles. The largest absolute Gasteiger partial charge is 0.460 e. The van der Waals surface area contributed by atoms with Gasteiger partial charge in [0, 0.05) is 6.04 Å². The summed E-state index contributed by atoms with van der Waals surface area (Å²) in [5.74, 6) is -0.496. The number of ether oxygens (including phenoxy) is 2. The fourth-order valence-corrected chi connectivity index (χ4v) is 1.94. The zero-order valence-electron chi connectivity index (χ0n) is 15.6. The lowest BCUT2D eigenvalue weighted by Gasteiger charge is -2.26. The summed E-state index contributed by atoms with van der Waals surface area (Å²) in [5.41, 5.74) is -1.31. The van der Waals surface area contributed by atoms with Crippen molar-refractivity contribution >= 4 is 29.3 Å². The molecule has 0 aliphatic heterocycles. The van der Waals surface area contributed by atoms with Gasteiger partial charge in [-0.3, -0.25) is 4.79 Å². The summed E-state index contributed by atoms with van der Waals surface area (Å²) in [7, 11) is 0. The fraction of sp³-hybridized carbons (Fsp3) is 0.812. The molecule has 24 heavy (non-hydrogen) atoms. The van der Waals surface area contributed by atoms with Crippen LogP contribution in [0, 0.1) is 0 Å². The number of aliphatic hydroxyl groups excluding tert-OH is 1. The molecule has 1 unspecified atom stereocenters. The van der Waals surface area contributed by atoms with Gasteiger partial charge in [-0.2, -0.15) is 0 Å². The van der Waals surface area contributed by atoms with Crippen molar-refractivity contribution in [3.05, 3.63) is 0 Å². The third-order valence-corrected chi connectivity index (χ3v) is 2.86. The zero-order valence-corrected chi connectivity index (χ0v) is 16.4. The Balaban J connectivity index is 4.98. The minimum Gasteiger partial charge on any atom is -0.460 e. The van der Waals surface area contributed by atoms with Crippen LogP contribution in [0.4, 0.5) is 4.79 Å². The lowest BCUT2D eigenvalue weighted by molar-refractivity contribution is -0.154. The molecule has 0 aliphatic carbocycles. The van der Waals surface area contributed by atoms with Gasteiger partial charge in [0.15, 0.2) is 0 Å². The Labute approximate surface area is 149 Å². The molecule has 140 valence electrons.